The van der Waals surface area contributed by atoms with Crippen molar-refractivity contribution in [1.29, 1.82) is 0 Å². The van der Waals surface area contributed by atoms with Crippen LogP contribution < -0.4 is 4.74 Å². The Morgan fingerprint density at radius 1 is 1.15 bits per heavy atom. The molecule has 0 aromatic heterocycles. The van der Waals surface area contributed by atoms with E-state index in [2.05, 4.69) is 0 Å². The first-order chi connectivity index (χ1) is 6.35. The van der Waals surface area contributed by atoms with Gasteiger partial charge >= 0.3 is 0 Å². The Bertz CT molecular complexity index is 161. The lowest BCUT2D eigenvalue weighted by Crippen LogP contribution is -1.78. The highest BCUT2D eigenvalue weighted by atomic mass is 16.5. The van der Waals surface area contributed by atoms with E-state index in [0.29, 0.717) is 0 Å². The Morgan fingerprint density at radius 3 is 1.77 bits per heavy atom. The third-order valence-electron chi connectivity index (χ3n) is 0.979. The molecule has 0 unspecified atom stereocenters. The largest absolute Gasteiger partial charge is 0.497 e. The van der Waals surface area contributed by atoms with Gasteiger partial charge < -0.3 is 9.84 Å². The maximum atomic E-state index is 7.57. The molecule has 0 saturated carbocycles. The van der Waals surface area contributed by atoms with Crippen molar-refractivity contribution < 1.29 is 9.84 Å². The van der Waals surface area contributed by atoms with Crippen LogP contribution in [0.4, 0.5) is 0 Å². The summed E-state index contributed by atoms with van der Waals surface area (Å²) >= 11 is 0. The van der Waals surface area contributed by atoms with Gasteiger partial charge in [-0.2, -0.15) is 0 Å². The molecule has 0 aliphatic rings. The molecule has 0 aliphatic heterocycles. The Balaban J connectivity index is 0. The minimum absolute atomic E-state index is 0.250. The van der Waals surface area contributed by atoms with Crippen LogP contribution in [0.2, 0.25) is 0 Å². The molecule has 0 radical (unpaired) electrons. The van der Waals surface area contributed by atoms with Crippen molar-refractivity contribution in [2.24, 2.45) is 0 Å². The highest BCUT2D eigenvalue weighted by Gasteiger charge is 1.80. The molecule has 0 heterocycles. The summed E-state index contributed by atoms with van der Waals surface area (Å²) in [6.45, 7) is 5.93. The second kappa shape index (κ2) is 13.6. The number of aliphatic hydroxyl groups is 1. The van der Waals surface area contributed by atoms with Crippen molar-refractivity contribution in [3.63, 3.8) is 0 Å². The lowest BCUT2D eigenvalue weighted by molar-refractivity contribution is 0.318. The number of aliphatic hydroxyl groups excluding tert-OH is 1. The zero-order valence-electron chi connectivity index (χ0n) is 8.95. The quantitative estimate of drug-likeness (QED) is 0.727. The number of hydrogen-bond acceptors (Lipinski definition) is 2. The molecule has 1 rings (SSSR count). The van der Waals surface area contributed by atoms with E-state index in [1.54, 1.807) is 14.0 Å². The van der Waals surface area contributed by atoms with E-state index >= 15 is 0 Å². The molecule has 0 amide bonds. The summed E-state index contributed by atoms with van der Waals surface area (Å²) < 4.78 is 4.91. The molecule has 13 heavy (non-hydrogen) atoms. The molecule has 0 saturated heterocycles. The number of ether oxygens (including phenoxy) is 1. The van der Waals surface area contributed by atoms with Gasteiger partial charge in [-0.05, 0) is 19.1 Å². The number of para-hydroxylation sites is 1. The molecule has 2 nitrogen and oxygen atoms in total. The number of benzene rings is 1. The Morgan fingerprint density at radius 2 is 1.54 bits per heavy atom. The molecule has 0 bridgehead atoms. The van der Waals surface area contributed by atoms with Gasteiger partial charge in [0.2, 0.25) is 0 Å². The molecule has 0 fully saturated rings. The lowest BCUT2D eigenvalue weighted by Gasteiger charge is -1.93. The summed E-state index contributed by atoms with van der Waals surface area (Å²) in [5.74, 6) is 0.910. The van der Waals surface area contributed by atoms with E-state index in [1.807, 2.05) is 44.2 Å². The minimum Gasteiger partial charge on any atom is -0.497 e. The zero-order valence-corrected chi connectivity index (χ0v) is 8.95. The second-order valence-corrected chi connectivity index (χ2v) is 1.83. The lowest BCUT2D eigenvalue weighted by atomic mass is 10.3. The normalized spacial score (nSPS) is 7.15. The van der Waals surface area contributed by atoms with Gasteiger partial charge in [-0.3, -0.25) is 0 Å². The Hall–Kier alpha value is -1.02. The van der Waals surface area contributed by atoms with Crippen molar-refractivity contribution in [2.75, 3.05) is 13.7 Å². The van der Waals surface area contributed by atoms with Gasteiger partial charge in [0, 0.05) is 6.61 Å². The average Bonchev–Trinajstić information content (AvgIpc) is 2.23. The first-order valence-electron chi connectivity index (χ1n) is 4.55. The summed E-state index contributed by atoms with van der Waals surface area (Å²) in [5.41, 5.74) is 0. The molecular formula is C11H20O2. The number of methoxy groups -OCH3 is 1. The van der Waals surface area contributed by atoms with Crippen LogP contribution in [0.3, 0.4) is 0 Å². The van der Waals surface area contributed by atoms with Crippen LogP contribution in [0.5, 0.6) is 5.75 Å². The average molecular weight is 184 g/mol. The van der Waals surface area contributed by atoms with Crippen molar-refractivity contribution in [3.8, 4) is 5.75 Å². The molecular weight excluding hydrogens is 164 g/mol. The van der Waals surface area contributed by atoms with E-state index in [0.717, 1.165) is 5.75 Å². The topological polar surface area (TPSA) is 29.5 Å². The minimum atomic E-state index is 0.250. The van der Waals surface area contributed by atoms with Crippen molar-refractivity contribution in [3.05, 3.63) is 30.3 Å². The van der Waals surface area contributed by atoms with Crippen LogP contribution in [0, 0.1) is 0 Å². The molecule has 1 aromatic carbocycles. The van der Waals surface area contributed by atoms with E-state index in [4.69, 9.17) is 9.84 Å². The van der Waals surface area contributed by atoms with Crippen molar-refractivity contribution in [1.82, 2.24) is 0 Å². The van der Waals surface area contributed by atoms with Crippen LogP contribution in [0.25, 0.3) is 0 Å². The highest BCUT2D eigenvalue weighted by molar-refractivity contribution is 5.20. The van der Waals surface area contributed by atoms with Gasteiger partial charge in [0.15, 0.2) is 0 Å². The number of rotatable bonds is 1. The fraction of sp³-hybridized carbons (Fsp3) is 0.455. The van der Waals surface area contributed by atoms with E-state index in [9.17, 15) is 0 Å². The SMILES string of the molecule is CC.CCO.COc1ccccc1. The van der Waals surface area contributed by atoms with Crippen LogP contribution >= 0.6 is 0 Å². The summed E-state index contributed by atoms with van der Waals surface area (Å²) in [4.78, 5) is 0. The summed E-state index contributed by atoms with van der Waals surface area (Å²) in [7, 11) is 1.66. The Labute approximate surface area is 81.2 Å². The highest BCUT2D eigenvalue weighted by Crippen LogP contribution is 2.05. The van der Waals surface area contributed by atoms with Gasteiger partial charge in [0.1, 0.15) is 5.75 Å². The van der Waals surface area contributed by atoms with Crippen LogP contribution in [0.15, 0.2) is 30.3 Å². The van der Waals surface area contributed by atoms with Gasteiger partial charge in [0.25, 0.3) is 0 Å². The fourth-order valence-electron chi connectivity index (χ4n) is 0.557. The van der Waals surface area contributed by atoms with Crippen LogP contribution in [0.1, 0.15) is 20.8 Å². The van der Waals surface area contributed by atoms with E-state index < -0.39 is 0 Å². The monoisotopic (exact) mass is 184 g/mol. The summed E-state index contributed by atoms with van der Waals surface area (Å²) in [6, 6.07) is 9.68. The molecule has 0 aliphatic carbocycles. The van der Waals surface area contributed by atoms with Crippen molar-refractivity contribution >= 4 is 0 Å². The first-order valence-corrected chi connectivity index (χ1v) is 4.55. The molecule has 2 heteroatoms. The third kappa shape index (κ3) is 11.0. The third-order valence-corrected chi connectivity index (χ3v) is 0.979. The van der Waals surface area contributed by atoms with Gasteiger partial charge in [-0.1, -0.05) is 32.0 Å². The van der Waals surface area contributed by atoms with Crippen LogP contribution in [-0.2, 0) is 0 Å². The first kappa shape index (κ1) is 14.5. The summed E-state index contributed by atoms with van der Waals surface area (Å²) in [6.07, 6.45) is 0. The predicted molar refractivity (Wildman–Crippen MR) is 57.1 cm³/mol. The Kier molecular flexibility index (Phi) is 15.1. The molecule has 0 spiro atoms. The van der Waals surface area contributed by atoms with Gasteiger partial charge in [-0.25, -0.2) is 0 Å². The summed E-state index contributed by atoms with van der Waals surface area (Å²) in [5, 5.41) is 7.57. The number of hydrogen-bond donors (Lipinski definition) is 1. The second-order valence-electron chi connectivity index (χ2n) is 1.83. The molecule has 1 aromatic rings. The van der Waals surface area contributed by atoms with E-state index in [-0.39, 0.29) is 6.61 Å². The smallest absolute Gasteiger partial charge is 0.118 e. The van der Waals surface area contributed by atoms with Crippen molar-refractivity contribution in [2.45, 2.75) is 20.8 Å². The predicted octanol–water partition coefficient (Wildman–Crippen LogP) is 2.72. The molecule has 76 valence electrons. The zero-order chi connectivity index (χ0) is 10.5. The molecule has 0 atom stereocenters. The van der Waals surface area contributed by atoms with Gasteiger partial charge in [-0.15, -0.1) is 0 Å². The molecule has 1 N–H and O–H groups in total. The maximum absolute atomic E-state index is 7.57. The van der Waals surface area contributed by atoms with Gasteiger partial charge in [0.05, 0.1) is 7.11 Å². The fourth-order valence-corrected chi connectivity index (χ4v) is 0.557. The van der Waals surface area contributed by atoms with E-state index in [1.165, 1.54) is 0 Å². The standard InChI is InChI=1S/C7H8O.C2H6O.C2H6/c1-8-7-5-3-2-4-6-7;1-2-3;1-2/h2-6H,1H3;3H,2H2,1H3;1-2H3. The maximum Gasteiger partial charge on any atom is 0.118 e. The van der Waals surface area contributed by atoms with Crippen LogP contribution in [-0.4, -0.2) is 18.8 Å².